The fourth-order valence-corrected chi connectivity index (χ4v) is 2.98. The number of rotatable bonds is 4. The predicted octanol–water partition coefficient (Wildman–Crippen LogP) is 2.98. The Kier molecular flexibility index (Phi) is 3.63. The van der Waals surface area contributed by atoms with Crippen LogP contribution in [0.2, 0.25) is 0 Å². The van der Waals surface area contributed by atoms with Gasteiger partial charge in [0.2, 0.25) is 0 Å². The lowest BCUT2D eigenvalue weighted by atomic mass is 10.2. The van der Waals surface area contributed by atoms with E-state index in [-0.39, 0.29) is 6.61 Å². The van der Waals surface area contributed by atoms with Crippen LogP contribution in [0.15, 0.2) is 60.8 Å². The third-order valence-corrected chi connectivity index (χ3v) is 4.29. The van der Waals surface area contributed by atoms with E-state index in [1.54, 1.807) is 6.20 Å². The largest absolute Gasteiger partial charge is 0.390 e. The third kappa shape index (κ3) is 2.39. The molecule has 24 heavy (non-hydrogen) atoms. The smallest absolute Gasteiger partial charge is 0.161 e. The zero-order chi connectivity index (χ0) is 16.5. The summed E-state index contributed by atoms with van der Waals surface area (Å²) in [6, 6.07) is 18.4. The molecule has 2 aromatic carbocycles. The van der Waals surface area contributed by atoms with E-state index in [9.17, 15) is 5.11 Å². The van der Waals surface area contributed by atoms with Gasteiger partial charge in [-0.25, -0.2) is 4.98 Å². The molecule has 0 saturated carbocycles. The van der Waals surface area contributed by atoms with Crippen molar-refractivity contribution in [3.63, 3.8) is 0 Å². The molecule has 0 fully saturated rings. The van der Waals surface area contributed by atoms with Crippen LogP contribution in [-0.2, 0) is 20.2 Å². The Morgan fingerprint density at radius 1 is 1.00 bits per heavy atom. The quantitative estimate of drug-likeness (QED) is 0.629. The van der Waals surface area contributed by atoms with E-state index in [1.165, 1.54) is 5.56 Å². The molecule has 2 heterocycles. The van der Waals surface area contributed by atoms with Gasteiger partial charge < -0.3 is 9.67 Å². The van der Waals surface area contributed by atoms with Gasteiger partial charge in [-0.3, -0.25) is 4.68 Å². The molecule has 0 radical (unpaired) electrons. The average Bonchev–Trinajstić information content (AvgIpc) is 3.16. The van der Waals surface area contributed by atoms with Crippen molar-refractivity contribution in [2.75, 3.05) is 0 Å². The summed E-state index contributed by atoms with van der Waals surface area (Å²) in [5.74, 6) is 0.766. The van der Waals surface area contributed by atoms with E-state index in [1.807, 2.05) is 46.6 Å². The fourth-order valence-electron chi connectivity index (χ4n) is 2.98. The molecule has 5 nitrogen and oxygen atoms in total. The number of imidazole rings is 1. The highest BCUT2D eigenvalue weighted by Crippen LogP contribution is 2.27. The molecule has 0 aliphatic rings. The highest BCUT2D eigenvalue weighted by Gasteiger charge is 2.17. The molecule has 0 bridgehead atoms. The Labute approximate surface area is 139 Å². The number of para-hydroxylation sites is 1. The van der Waals surface area contributed by atoms with E-state index in [0.717, 1.165) is 28.1 Å². The Bertz CT molecular complexity index is 985. The number of aliphatic hydroxyl groups excluding tert-OH is 1. The first-order valence-electron chi connectivity index (χ1n) is 7.89. The van der Waals surface area contributed by atoms with Crippen LogP contribution >= 0.6 is 0 Å². The first-order chi connectivity index (χ1) is 11.8. The molecule has 2 aromatic heterocycles. The van der Waals surface area contributed by atoms with Gasteiger partial charge in [0, 0.05) is 12.4 Å². The Balaban J connectivity index is 1.86. The Morgan fingerprint density at radius 2 is 1.75 bits per heavy atom. The number of fused-ring (bicyclic) bond motifs is 1. The summed E-state index contributed by atoms with van der Waals surface area (Å²) in [6.07, 6.45) is 1.69. The number of hydrogen-bond donors (Lipinski definition) is 1. The van der Waals surface area contributed by atoms with Crippen LogP contribution in [0.1, 0.15) is 11.3 Å². The molecule has 0 unspecified atom stereocenters. The van der Waals surface area contributed by atoms with Gasteiger partial charge in [0.05, 0.1) is 30.6 Å². The lowest BCUT2D eigenvalue weighted by Gasteiger charge is -2.03. The van der Waals surface area contributed by atoms with Gasteiger partial charge >= 0.3 is 0 Å². The molecule has 0 spiro atoms. The molecular formula is C19H18N4O. The maximum atomic E-state index is 9.41. The number of nitrogens with zero attached hydrogens (tertiary/aromatic N) is 4. The van der Waals surface area contributed by atoms with Crippen molar-refractivity contribution >= 4 is 10.9 Å². The Hall–Kier alpha value is -2.92. The average molecular weight is 318 g/mol. The summed E-state index contributed by atoms with van der Waals surface area (Å²) in [5, 5.41) is 15.3. The summed E-state index contributed by atoms with van der Waals surface area (Å²) in [6.45, 7) is 0.671. The lowest BCUT2D eigenvalue weighted by Crippen LogP contribution is -2.03. The van der Waals surface area contributed by atoms with Gasteiger partial charge in [-0.15, -0.1) is 0 Å². The molecule has 0 amide bonds. The molecule has 0 saturated heterocycles. The summed E-state index contributed by atoms with van der Waals surface area (Å²) in [7, 11) is 1.90. The molecule has 0 aliphatic heterocycles. The number of aliphatic hydroxyl groups is 1. The van der Waals surface area contributed by atoms with Gasteiger partial charge in [0.15, 0.2) is 5.82 Å². The van der Waals surface area contributed by atoms with Crippen molar-refractivity contribution in [1.82, 2.24) is 19.3 Å². The van der Waals surface area contributed by atoms with Crippen LogP contribution in [-0.4, -0.2) is 24.4 Å². The summed E-state index contributed by atoms with van der Waals surface area (Å²) in [5.41, 5.74) is 3.88. The molecule has 120 valence electrons. The number of aromatic nitrogens is 4. The zero-order valence-corrected chi connectivity index (χ0v) is 13.4. The monoisotopic (exact) mass is 318 g/mol. The topological polar surface area (TPSA) is 55.9 Å². The van der Waals surface area contributed by atoms with Crippen LogP contribution in [0.5, 0.6) is 0 Å². The molecule has 4 aromatic rings. The second-order valence-corrected chi connectivity index (χ2v) is 5.80. The second-order valence-electron chi connectivity index (χ2n) is 5.80. The first-order valence-corrected chi connectivity index (χ1v) is 7.89. The molecule has 0 atom stereocenters. The SMILES string of the molecule is Cn1c(CO)cnc1-c1nn(Cc2ccccc2)c2ccccc12. The van der Waals surface area contributed by atoms with Gasteiger partial charge in [0.25, 0.3) is 0 Å². The molecular weight excluding hydrogens is 300 g/mol. The van der Waals surface area contributed by atoms with Gasteiger partial charge in [-0.2, -0.15) is 5.10 Å². The van der Waals surface area contributed by atoms with Crippen molar-refractivity contribution in [2.45, 2.75) is 13.2 Å². The first kappa shape index (κ1) is 14.7. The van der Waals surface area contributed by atoms with Crippen LogP contribution in [0, 0.1) is 0 Å². The van der Waals surface area contributed by atoms with E-state index >= 15 is 0 Å². The minimum atomic E-state index is -0.0356. The minimum absolute atomic E-state index is 0.0356. The summed E-state index contributed by atoms with van der Waals surface area (Å²) in [4.78, 5) is 4.45. The van der Waals surface area contributed by atoms with Crippen LogP contribution in [0.3, 0.4) is 0 Å². The van der Waals surface area contributed by atoms with Crippen molar-refractivity contribution < 1.29 is 5.11 Å². The molecule has 5 heteroatoms. The highest BCUT2D eigenvalue weighted by atomic mass is 16.3. The van der Waals surface area contributed by atoms with E-state index < -0.39 is 0 Å². The number of hydrogen-bond acceptors (Lipinski definition) is 3. The van der Waals surface area contributed by atoms with Crippen molar-refractivity contribution in [2.24, 2.45) is 7.05 Å². The lowest BCUT2D eigenvalue weighted by molar-refractivity contribution is 0.273. The molecule has 4 rings (SSSR count). The standard InChI is InChI=1S/C19H18N4O/c1-22-15(13-24)11-20-19(22)18-16-9-5-6-10-17(16)23(21-18)12-14-7-3-2-4-8-14/h2-11,24H,12-13H2,1H3. The van der Waals surface area contributed by atoms with Crippen LogP contribution < -0.4 is 0 Å². The Morgan fingerprint density at radius 3 is 2.50 bits per heavy atom. The van der Waals surface area contributed by atoms with Crippen molar-refractivity contribution in [3.8, 4) is 11.5 Å². The minimum Gasteiger partial charge on any atom is -0.390 e. The van der Waals surface area contributed by atoms with Crippen LogP contribution in [0.4, 0.5) is 0 Å². The second kappa shape index (κ2) is 5.94. The summed E-state index contributed by atoms with van der Waals surface area (Å²) >= 11 is 0. The maximum Gasteiger partial charge on any atom is 0.161 e. The van der Waals surface area contributed by atoms with E-state index in [4.69, 9.17) is 5.10 Å². The van der Waals surface area contributed by atoms with Crippen molar-refractivity contribution in [3.05, 3.63) is 72.1 Å². The fraction of sp³-hybridized carbons (Fsp3) is 0.158. The number of benzene rings is 2. The molecule has 0 aliphatic carbocycles. The third-order valence-electron chi connectivity index (χ3n) is 4.29. The normalized spacial score (nSPS) is 11.2. The van der Waals surface area contributed by atoms with Crippen molar-refractivity contribution in [1.29, 1.82) is 0 Å². The molecule has 1 N–H and O–H groups in total. The van der Waals surface area contributed by atoms with Gasteiger partial charge in [-0.05, 0) is 11.6 Å². The van der Waals surface area contributed by atoms with Gasteiger partial charge in [-0.1, -0.05) is 48.5 Å². The zero-order valence-electron chi connectivity index (χ0n) is 13.4. The van der Waals surface area contributed by atoms with Gasteiger partial charge in [0.1, 0.15) is 5.69 Å². The highest BCUT2D eigenvalue weighted by molar-refractivity contribution is 5.91. The van der Waals surface area contributed by atoms with E-state index in [2.05, 4.69) is 29.2 Å². The van der Waals surface area contributed by atoms with E-state index in [0.29, 0.717) is 6.54 Å². The summed E-state index contributed by atoms with van der Waals surface area (Å²) < 4.78 is 3.90. The van der Waals surface area contributed by atoms with Crippen LogP contribution in [0.25, 0.3) is 22.4 Å². The maximum absolute atomic E-state index is 9.41. The predicted molar refractivity (Wildman–Crippen MR) is 93.4 cm³/mol.